The Bertz CT molecular complexity index is 1040. The summed E-state index contributed by atoms with van der Waals surface area (Å²) in [7, 11) is 0. The fraction of sp³-hybridized carbons (Fsp3) is 0.350. The van der Waals surface area contributed by atoms with Gasteiger partial charge in [-0.2, -0.15) is 0 Å². The van der Waals surface area contributed by atoms with Crippen molar-refractivity contribution in [3.63, 3.8) is 0 Å². The second-order valence-electron chi connectivity index (χ2n) is 7.29. The Kier molecular flexibility index (Phi) is 4.79. The maximum Gasteiger partial charge on any atom is 0.415 e. The number of ether oxygens (including phenoxy) is 2. The first-order valence-corrected chi connectivity index (χ1v) is 10.8. The number of hydrogen-bond acceptors (Lipinski definition) is 6. The lowest BCUT2D eigenvalue weighted by molar-refractivity contribution is -0.117. The number of rotatable bonds is 4. The summed E-state index contributed by atoms with van der Waals surface area (Å²) in [5, 5.41) is 2.79. The highest BCUT2D eigenvalue weighted by molar-refractivity contribution is 7.18. The molecule has 2 aromatic rings. The number of cyclic esters (lactones) is 1. The van der Waals surface area contributed by atoms with E-state index >= 15 is 0 Å². The molecule has 1 N–H and O–H groups in total. The standard InChI is InChI=1S/C20H18ClN3O5S/c21-17-6-5-16(30-17)19(26)22-9-15-13-10-28-14-8-11(23-7-1-2-18(23)25)3-4-12(14)24(13)20(27)29-15/h3-6,8,13,15H,1-2,7,9-10H2,(H,22,26)/t13-,15-/m0/s1. The van der Waals surface area contributed by atoms with Gasteiger partial charge in [0.05, 0.1) is 21.4 Å². The first kappa shape index (κ1) is 19.2. The van der Waals surface area contributed by atoms with Crippen LogP contribution >= 0.6 is 22.9 Å². The van der Waals surface area contributed by atoms with Crippen LogP contribution in [0.1, 0.15) is 22.5 Å². The first-order chi connectivity index (χ1) is 14.5. The molecular weight excluding hydrogens is 430 g/mol. The lowest BCUT2D eigenvalue weighted by Crippen LogP contribution is -2.47. The number of anilines is 2. The zero-order valence-electron chi connectivity index (χ0n) is 15.8. The highest BCUT2D eigenvalue weighted by Crippen LogP contribution is 2.41. The lowest BCUT2D eigenvalue weighted by atomic mass is 10.1. The van der Waals surface area contributed by atoms with E-state index in [0.717, 1.165) is 12.1 Å². The number of thiophene rings is 1. The zero-order valence-corrected chi connectivity index (χ0v) is 17.4. The van der Waals surface area contributed by atoms with Crippen LogP contribution in [0.3, 0.4) is 0 Å². The van der Waals surface area contributed by atoms with E-state index in [1.54, 1.807) is 34.1 Å². The van der Waals surface area contributed by atoms with Gasteiger partial charge >= 0.3 is 6.09 Å². The van der Waals surface area contributed by atoms with Crippen molar-refractivity contribution in [3.05, 3.63) is 39.5 Å². The predicted molar refractivity (Wildman–Crippen MR) is 112 cm³/mol. The summed E-state index contributed by atoms with van der Waals surface area (Å²) in [6.45, 7) is 1.09. The van der Waals surface area contributed by atoms with E-state index in [4.69, 9.17) is 21.1 Å². The summed E-state index contributed by atoms with van der Waals surface area (Å²) < 4.78 is 11.9. The number of nitrogens with zero attached hydrogens (tertiary/aromatic N) is 2. The number of halogens is 1. The molecule has 5 rings (SSSR count). The second kappa shape index (κ2) is 7.48. The molecule has 0 saturated carbocycles. The Morgan fingerprint density at radius 3 is 2.87 bits per heavy atom. The van der Waals surface area contributed by atoms with Gasteiger partial charge in [-0.25, -0.2) is 4.79 Å². The van der Waals surface area contributed by atoms with Gasteiger partial charge in [-0.15, -0.1) is 11.3 Å². The molecule has 156 valence electrons. The van der Waals surface area contributed by atoms with E-state index in [1.165, 1.54) is 11.3 Å². The van der Waals surface area contributed by atoms with Gasteiger partial charge in [0, 0.05) is 24.7 Å². The molecule has 3 amide bonds. The second-order valence-corrected chi connectivity index (χ2v) is 9.00. The van der Waals surface area contributed by atoms with Gasteiger partial charge in [0.2, 0.25) is 5.91 Å². The number of carbonyl (C=O) groups is 3. The van der Waals surface area contributed by atoms with Gasteiger partial charge in [0.25, 0.3) is 5.91 Å². The molecule has 0 aliphatic carbocycles. The fourth-order valence-corrected chi connectivity index (χ4v) is 4.96. The van der Waals surface area contributed by atoms with Gasteiger partial charge in [0.15, 0.2) is 0 Å². The predicted octanol–water partition coefficient (Wildman–Crippen LogP) is 3.04. The summed E-state index contributed by atoms with van der Waals surface area (Å²) >= 11 is 7.06. The Hall–Kier alpha value is -2.78. The van der Waals surface area contributed by atoms with Crippen molar-refractivity contribution in [2.45, 2.75) is 25.0 Å². The van der Waals surface area contributed by atoms with Crippen molar-refractivity contribution >= 4 is 52.2 Å². The molecule has 30 heavy (non-hydrogen) atoms. The Morgan fingerprint density at radius 2 is 2.13 bits per heavy atom. The van der Waals surface area contributed by atoms with Crippen LogP contribution in [0.5, 0.6) is 5.75 Å². The minimum absolute atomic E-state index is 0.0899. The quantitative estimate of drug-likeness (QED) is 0.778. The third-order valence-electron chi connectivity index (χ3n) is 5.47. The van der Waals surface area contributed by atoms with Crippen molar-refractivity contribution in [1.82, 2.24) is 5.32 Å². The molecule has 1 aromatic carbocycles. The van der Waals surface area contributed by atoms with Crippen molar-refractivity contribution in [2.24, 2.45) is 0 Å². The topological polar surface area (TPSA) is 88.2 Å². The van der Waals surface area contributed by atoms with Crippen LogP contribution in [-0.4, -0.2) is 49.7 Å². The molecule has 3 aliphatic rings. The molecule has 2 saturated heterocycles. The van der Waals surface area contributed by atoms with Gasteiger partial charge in [0.1, 0.15) is 24.5 Å². The third-order valence-corrected chi connectivity index (χ3v) is 6.70. The summed E-state index contributed by atoms with van der Waals surface area (Å²) in [6.07, 6.45) is 0.365. The number of hydrogen-bond donors (Lipinski definition) is 1. The number of nitrogens with one attached hydrogen (secondary N) is 1. The van der Waals surface area contributed by atoms with Crippen LogP contribution in [0.2, 0.25) is 4.34 Å². The number of amides is 3. The summed E-state index contributed by atoms with van der Waals surface area (Å²) in [6, 6.07) is 8.34. The van der Waals surface area contributed by atoms with E-state index in [1.807, 2.05) is 6.07 Å². The maximum absolute atomic E-state index is 12.5. The molecule has 8 nitrogen and oxygen atoms in total. The number of carbonyl (C=O) groups excluding carboxylic acids is 3. The lowest BCUT2D eigenvalue weighted by Gasteiger charge is -2.32. The van der Waals surface area contributed by atoms with E-state index in [-0.39, 0.29) is 31.0 Å². The Balaban J connectivity index is 1.31. The van der Waals surface area contributed by atoms with Crippen molar-refractivity contribution in [1.29, 1.82) is 0 Å². The van der Waals surface area contributed by atoms with Crippen LogP contribution in [0.15, 0.2) is 30.3 Å². The molecule has 0 radical (unpaired) electrons. The van der Waals surface area contributed by atoms with Gasteiger partial charge in [-0.3, -0.25) is 14.5 Å². The molecule has 0 spiro atoms. The Morgan fingerprint density at radius 1 is 1.27 bits per heavy atom. The SMILES string of the molecule is O=C(NC[C@@H]1OC(=O)N2c3ccc(N4CCCC4=O)cc3OC[C@@H]12)c1ccc(Cl)s1. The van der Waals surface area contributed by atoms with Crippen molar-refractivity contribution in [2.75, 3.05) is 29.5 Å². The largest absolute Gasteiger partial charge is 0.489 e. The smallest absolute Gasteiger partial charge is 0.415 e. The molecule has 3 aliphatic heterocycles. The first-order valence-electron chi connectivity index (χ1n) is 9.62. The van der Waals surface area contributed by atoms with Crippen molar-refractivity contribution < 1.29 is 23.9 Å². The molecule has 0 unspecified atom stereocenters. The zero-order chi connectivity index (χ0) is 20.8. The third kappa shape index (κ3) is 3.27. The fourth-order valence-electron chi connectivity index (χ4n) is 4.00. The van der Waals surface area contributed by atoms with Gasteiger partial charge < -0.3 is 19.7 Å². The number of fused-ring (bicyclic) bond motifs is 3. The van der Waals surface area contributed by atoms with Crippen LogP contribution in [0.25, 0.3) is 0 Å². The molecule has 1 aromatic heterocycles. The van der Waals surface area contributed by atoms with E-state index in [0.29, 0.717) is 33.6 Å². The average Bonchev–Trinajstić information content (AvgIpc) is 3.45. The van der Waals surface area contributed by atoms with Crippen molar-refractivity contribution in [3.8, 4) is 5.75 Å². The summed E-state index contributed by atoms with van der Waals surface area (Å²) in [5.41, 5.74) is 1.37. The van der Waals surface area contributed by atoms with Crippen LogP contribution in [0.4, 0.5) is 16.2 Å². The molecule has 2 fully saturated rings. The summed E-state index contributed by atoms with van der Waals surface area (Å²) in [5.74, 6) is 0.365. The summed E-state index contributed by atoms with van der Waals surface area (Å²) in [4.78, 5) is 40.6. The van der Waals surface area contributed by atoms with Crippen LogP contribution < -0.4 is 19.9 Å². The maximum atomic E-state index is 12.5. The number of benzene rings is 1. The van der Waals surface area contributed by atoms with Crippen LogP contribution in [-0.2, 0) is 9.53 Å². The Labute approximate surface area is 181 Å². The van der Waals surface area contributed by atoms with Gasteiger partial charge in [-0.1, -0.05) is 11.6 Å². The minimum atomic E-state index is -0.537. The van der Waals surface area contributed by atoms with E-state index in [9.17, 15) is 14.4 Å². The molecular formula is C20H18ClN3O5S. The van der Waals surface area contributed by atoms with E-state index < -0.39 is 12.2 Å². The van der Waals surface area contributed by atoms with Crippen LogP contribution in [0, 0.1) is 0 Å². The van der Waals surface area contributed by atoms with Gasteiger partial charge in [-0.05, 0) is 30.7 Å². The monoisotopic (exact) mass is 447 g/mol. The average molecular weight is 448 g/mol. The molecule has 4 heterocycles. The highest BCUT2D eigenvalue weighted by Gasteiger charge is 2.46. The molecule has 2 atom stereocenters. The molecule has 0 bridgehead atoms. The molecule has 10 heteroatoms. The highest BCUT2D eigenvalue weighted by atomic mass is 35.5. The minimum Gasteiger partial charge on any atom is -0.489 e. The van der Waals surface area contributed by atoms with E-state index in [2.05, 4.69) is 5.32 Å². The normalized spacial score (nSPS) is 22.4.